The van der Waals surface area contributed by atoms with Crippen molar-refractivity contribution >= 4 is 39.0 Å². The number of hydrogen-bond donors (Lipinski definition) is 1. The van der Waals surface area contributed by atoms with Gasteiger partial charge in [0.2, 0.25) is 5.91 Å². The molecular formula is C11H10BrN3OS. The van der Waals surface area contributed by atoms with Crippen molar-refractivity contribution in [2.75, 3.05) is 11.4 Å². The van der Waals surface area contributed by atoms with Gasteiger partial charge in [-0.1, -0.05) is 22.0 Å². The van der Waals surface area contributed by atoms with Crippen LogP contribution in [0.1, 0.15) is 6.42 Å². The first-order valence-corrected chi connectivity index (χ1v) is 7.07. The molecule has 1 fully saturated rings. The van der Waals surface area contributed by atoms with E-state index in [1.54, 1.807) is 16.2 Å². The largest absolute Gasteiger partial charge is 0.294 e. The molecule has 0 saturated carbocycles. The fourth-order valence-corrected chi connectivity index (χ4v) is 3.15. The number of alkyl halides is 1. The minimum Gasteiger partial charge on any atom is -0.294 e. The number of nitrogens with one attached hydrogen (secondary N) is 1. The number of hydrogen-bond acceptors (Lipinski definition) is 3. The van der Waals surface area contributed by atoms with Gasteiger partial charge in [-0.2, -0.15) is 5.10 Å². The SMILES string of the molecule is O=C1CC(Br)CN1c1cc(-c2cccs2)[nH]n1. The Morgan fingerprint density at radius 3 is 3.12 bits per heavy atom. The lowest BCUT2D eigenvalue weighted by atomic mass is 10.3. The van der Waals surface area contributed by atoms with Gasteiger partial charge in [0.25, 0.3) is 0 Å². The summed E-state index contributed by atoms with van der Waals surface area (Å²) >= 11 is 5.11. The molecule has 1 saturated heterocycles. The van der Waals surface area contributed by atoms with Crippen molar-refractivity contribution in [1.82, 2.24) is 10.2 Å². The van der Waals surface area contributed by atoms with E-state index >= 15 is 0 Å². The molecule has 2 aromatic rings. The average Bonchev–Trinajstić information content (AvgIpc) is 2.97. The van der Waals surface area contributed by atoms with E-state index in [1.165, 1.54) is 0 Å². The van der Waals surface area contributed by atoms with E-state index < -0.39 is 0 Å². The van der Waals surface area contributed by atoms with E-state index in [0.29, 0.717) is 18.8 Å². The molecule has 0 spiro atoms. The summed E-state index contributed by atoms with van der Waals surface area (Å²) in [6.45, 7) is 0.688. The number of H-pyrrole nitrogens is 1. The van der Waals surface area contributed by atoms with Crippen LogP contribution in [0.2, 0.25) is 0 Å². The highest BCUT2D eigenvalue weighted by Crippen LogP contribution is 2.28. The third-order valence-electron chi connectivity index (χ3n) is 2.71. The summed E-state index contributed by atoms with van der Waals surface area (Å²) < 4.78 is 0. The lowest BCUT2D eigenvalue weighted by molar-refractivity contribution is -0.117. The van der Waals surface area contributed by atoms with Gasteiger partial charge in [0.05, 0.1) is 10.6 Å². The van der Waals surface area contributed by atoms with E-state index in [4.69, 9.17) is 0 Å². The predicted molar refractivity (Wildman–Crippen MR) is 71.6 cm³/mol. The fraction of sp³-hybridized carbons (Fsp3) is 0.273. The van der Waals surface area contributed by atoms with Gasteiger partial charge < -0.3 is 0 Å². The van der Waals surface area contributed by atoms with Crippen molar-refractivity contribution in [1.29, 1.82) is 0 Å². The molecule has 3 rings (SSSR count). The number of halogens is 1. The molecule has 0 aliphatic carbocycles. The van der Waals surface area contributed by atoms with Crippen LogP contribution in [0.3, 0.4) is 0 Å². The summed E-state index contributed by atoms with van der Waals surface area (Å²) in [7, 11) is 0. The number of aromatic nitrogens is 2. The summed E-state index contributed by atoms with van der Waals surface area (Å²) in [4.78, 5) is 14.8. The maximum Gasteiger partial charge on any atom is 0.229 e. The first-order chi connectivity index (χ1) is 8.24. The van der Waals surface area contributed by atoms with Gasteiger partial charge in [-0.05, 0) is 11.4 Å². The van der Waals surface area contributed by atoms with Gasteiger partial charge in [-0.15, -0.1) is 11.3 Å². The first-order valence-electron chi connectivity index (χ1n) is 5.28. The molecule has 6 heteroatoms. The third kappa shape index (κ3) is 2.02. The maximum atomic E-state index is 11.7. The number of carbonyl (C=O) groups is 1. The minimum absolute atomic E-state index is 0.121. The number of aromatic amines is 1. The molecule has 1 atom stereocenters. The molecule has 1 amide bonds. The van der Waals surface area contributed by atoms with Gasteiger partial charge >= 0.3 is 0 Å². The maximum absolute atomic E-state index is 11.7. The van der Waals surface area contributed by atoms with Crippen LogP contribution in [0.15, 0.2) is 23.6 Å². The molecule has 17 heavy (non-hydrogen) atoms. The van der Waals surface area contributed by atoms with E-state index in [9.17, 15) is 4.79 Å². The summed E-state index contributed by atoms with van der Waals surface area (Å²) in [5.74, 6) is 0.830. The van der Waals surface area contributed by atoms with Crippen molar-refractivity contribution in [2.45, 2.75) is 11.2 Å². The zero-order chi connectivity index (χ0) is 11.8. The highest BCUT2D eigenvalue weighted by Gasteiger charge is 2.30. The van der Waals surface area contributed by atoms with Crippen LogP contribution in [0.4, 0.5) is 5.82 Å². The Morgan fingerprint density at radius 2 is 2.47 bits per heavy atom. The molecule has 0 bridgehead atoms. The number of carbonyl (C=O) groups excluding carboxylic acids is 1. The molecular weight excluding hydrogens is 302 g/mol. The van der Waals surface area contributed by atoms with Crippen LogP contribution < -0.4 is 4.90 Å². The van der Waals surface area contributed by atoms with Crippen molar-refractivity contribution in [2.24, 2.45) is 0 Å². The molecule has 1 aliphatic rings. The Balaban J connectivity index is 1.88. The molecule has 0 radical (unpaired) electrons. The zero-order valence-electron chi connectivity index (χ0n) is 8.89. The summed E-state index contributed by atoms with van der Waals surface area (Å²) in [5.41, 5.74) is 0.959. The second-order valence-electron chi connectivity index (χ2n) is 3.92. The molecule has 0 aromatic carbocycles. The van der Waals surface area contributed by atoms with Gasteiger partial charge in [0.15, 0.2) is 5.82 Å². The molecule has 1 unspecified atom stereocenters. The lowest BCUT2D eigenvalue weighted by Crippen LogP contribution is -2.24. The van der Waals surface area contributed by atoms with E-state index in [1.807, 2.05) is 23.6 Å². The van der Waals surface area contributed by atoms with Gasteiger partial charge in [-0.25, -0.2) is 0 Å². The van der Waals surface area contributed by atoms with Crippen LogP contribution in [0.5, 0.6) is 0 Å². The van der Waals surface area contributed by atoms with Crippen LogP contribution in [-0.4, -0.2) is 27.5 Å². The lowest BCUT2D eigenvalue weighted by Gasteiger charge is -2.10. The van der Waals surface area contributed by atoms with Crippen molar-refractivity contribution < 1.29 is 4.79 Å². The standard InChI is InChI=1S/C11H10BrN3OS/c12-7-4-11(16)15(6-7)10-5-8(13-14-10)9-2-1-3-17-9/h1-3,5,7H,4,6H2,(H,13,14). The number of rotatable bonds is 2. The Morgan fingerprint density at radius 1 is 1.59 bits per heavy atom. The molecule has 4 nitrogen and oxygen atoms in total. The summed E-state index contributed by atoms with van der Waals surface area (Å²) in [6, 6.07) is 5.95. The van der Waals surface area contributed by atoms with E-state index in [-0.39, 0.29) is 10.7 Å². The Kier molecular flexibility index (Phi) is 2.76. The van der Waals surface area contributed by atoms with E-state index in [0.717, 1.165) is 10.6 Å². The minimum atomic E-state index is 0.121. The van der Waals surface area contributed by atoms with Crippen LogP contribution in [0, 0.1) is 0 Å². The second kappa shape index (κ2) is 4.27. The quantitative estimate of drug-likeness (QED) is 0.867. The molecule has 2 aromatic heterocycles. The highest BCUT2D eigenvalue weighted by atomic mass is 79.9. The molecule has 3 heterocycles. The molecule has 88 valence electrons. The fourth-order valence-electron chi connectivity index (χ4n) is 1.89. The third-order valence-corrected chi connectivity index (χ3v) is 4.22. The highest BCUT2D eigenvalue weighted by molar-refractivity contribution is 9.09. The van der Waals surface area contributed by atoms with Crippen LogP contribution >= 0.6 is 27.3 Å². The van der Waals surface area contributed by atoms with Crippen LogP contribution in [0.25, 0.3) is 10.6 Å². The average molecular weight is 312 g/mol. The number of thiophene rings is 1. The Bertz CT molecular complexity index is 537. The van der Waals surface area contributed by atoms with Crippen molar-refractivity contribution in [3.8, 4) is 10.6 Å². The second-order valence-corrected chi connectivity index (χ2v) is 6.17. The normalized spacial score (nSPS) is 20.2. The Labute approximate surface area is 111 Å². The smallest absolute Gasteiger partial charge is 0.229 e. The number of nitrogens with zero attached hydrogens (tertiary/aromatic N) is 2. The number of amides is 1. The van der Waals surface area contributed by atoms with Crippen molar-refractivity contribution in [3.63, 3.8) is 0 Å². The van der Waals surface area contributed by atoms with Crippen LogP contribution in [-0.2, 0) is 4.79 Å². The molecule has 1 aliphatic heterocycles. The first kappa shape index (κ1) is 11.0. The summed E-state index contributed by atoms with van der Waals surface area (Å²) in [6.07, 6.45) is 0.543. The number of anilines is 1. The zero-order valence-corrected chi connectivity index (χ0v) is 11.3. The topological polar surface area (TPSA) is 49.0 Å². The van der Waals surface area contributed by atoms with Gasteiger partial charge in [-0.3, -0.25) is 14.8 Å². The summed E-state index contributed by atoms with van der Waals surface area (Å²) in [5, 5.41) is 9.20. The monoisotopic (exact) mass is 311 g/mol. The van der Waals surface area contributed by atoms with E-state index in [2.05, 4.69) is 26.1 Å². The van der Waals surface area contributed by atoms with Gasteiger partial charge in [0, 0.05) is 23.9 Å². The molecule has 1 N–H and O–H groups in total. The van der Waals surface area contributed by atoms with Gasteiger partial charge in [0.1, 0.15) is 0 Å². The Hall–Kier alpha value is -1.14. The predicted octanol–water partition coefficient (Wildman–Crippen LogP) is 2.64. The van der Waals surface area contributed by atoms with Crippen molar-refractivity contribution in [3.05, 3.63) is 23.6 Å².